The maximum Gasteiger partial charge on any atom is 0.336 e. The first-order valence-electron chi connectivity index (χ1n) is 13.2. The van der Waals surface area contributed by atoms with Crippen molar-refractivity contribution in [3.05, 3.63) is 80.8 Å². The van der Waals surface area contributed by atoms with Crippen LogP contribution >= 0.6 is 12.2 Å². The normalized spacial score (nSPS) is 10.9. The average Bonchev–Trinajstić information content (AvgIpc) is 2.98. The minimum atomic E-state index is -1.16. The largest absolute Gasteiger partial charge is 0.508 e. The number of fused-ring (bicyclic) bond motifs is 2. The van der Waals surface area contributed by atoms with Gasteiger partial charge < -0.3 is 39.5 Å². The van der Waals surface area contributed by atoms with Gasteiger partial charge in [-0.25, -0.2) is 4.79 Å². The van der Waals surface area contributed by atoms with Crippen molar-refractivity contribution >= 4 is 40.0 Å². The molecular formula is C29H29N5O8S. The lowest BCUT2D eigenvalue weighted by Gasteiger charge is -2.18. The molecule has 0 spiro atoms. The van der Waals surface area contributed by atoms with E-state index in [0.29, 0.717) is 79.5 Å². The number of hydrogen-bond acceptors (Lipinski definition) is 9. The summed E-state index contributed by atoms with van der Waals surface area (Å²) >= 11 is 5.35. The number of aromatic hydroxyl groups is 1. The van der Waals surface area contributed by atoms with Crippen LogP contribution in [0.3, 0.4) is 0 Å². The van der Waals surface area contributed by atoms with Crippen LogP contribution in [-0.2, 0) is 14.2 Å². The zero-order valence-electron chi connectivity index (χ0n) is 22.9. The molecule has 0 fully saturated rings. The second-order valence-corrected chi connectivity index (χ2v) is 9.46. The lowest BCUT2D eigenvalue weighted by molar-refractivity contribution is 0.0171. The summed E-state index contributed by atoms with van der Waals surface area (Å²) in [4.78, 5) is 27.0. The zero-order chi connectivity index (χ0) is 30.6. The molecule has 0 bridgehead atoms. The quantitative estimate of drug-likeness (QED) is 0.0369. The number of ether oxygens (including phenoxy) is 3. The Morgan fingerprint density at radius 1 is 0.953 bits per heavy atom. The average molecular weight is 608 g/mol. The molecule has 1 aliphatic heterocycles. The third-order valence-electron chi connectivity index (χ3n) is 6.13. The first kappa shape index (κ1) is 31.2. The molecule has 0 unspecified atom stereocenters. The Morgan fingerprint density at radius 2 is 1.67 bits per heavy atom. The number of thiocarbonyl (C=S) groups is 1. The van der Waals surface area contributed by atoms with Crippen LogP contribution in [0.2, 0.25) is 0 Å². The van der Waals surface area contributed by atoms with Crippen molar-refractivity contribution in [3.8, 4) is 28.2 Å². The number of carboxylic acids is 1. The fourth-order valence-electron chi connectivity index (χ4n) is 4.27. The zero-order valence-corrected chi connectivity index (χ0v) is 23.8. The van der Waals surface area contributed by atoms with E-state index < -0.39 is 5.97 Å². The smallest absolute Gasteiger partial charge is 0.336 e. The van der Waals surface area contributed by atoms with Gasteiger partial charge in [-0.3, -0.25) is 4.79 Å². The molecule has 14 heteroatoms. The molecule has 1 aliphatic carbocycles. The number of hydrogen-bond donors (Lipinski definition) is 4. The molecule has 0 atom stereocenters. The molecule has 224 valence electrons. The summed E-state index contributed by atoms with van der Waals surface area (Å²) in [5, 5.41) is 30.3. The number of carbonyl (C=O) groups is 1. The molecule has 4 N–H and O–H groups in total. The molecule has 4 rings (SSSR count). The number of anilines is 1. The van der Waals surface area contributed by atoms with Gasteiger partial charge in [0, 0.05) is 52.3 Å². The van der Waals surface area contributed by atoms with Crippen molar-refractivity contribution in [3.63, 3.8) is 0 Å². The van der Waals surface area contributed by atoms with Gasteiger partial charge >= 0.3 is 5.97 Å². The van der Waals surface area contributed by atoms with Crippen molar-refractivity contribution in [2.45, 2.75) is 0 Å². The molecule has 0 saturated heterocycles. The van der Waals surface area contributed by atoms with Crippen LogP contribution in [0.4, 0.5) is 5.69 Å². The minimum absolute atomic E-state index is 0.00489. The van der Waals surface area contributed by atoms with E-state index in [0.717, 1.165) is 0 Å². The summed E-state index contributed by atoms with van der Waals surface area (Å²) in [6.07, 6.45) is 0. The van der Waals surface area contributed by atoms with Gasteiger partial charge in [0.2, 0.25) is 0 Å². The number of phenolic OH excluding ortho intramolecular Hbond substituents is 1. The predicted molar refractivity (Wildman–Crippen MR) is 164 cm³/mol. The molecule has 0 saturated carbocycles. The van der Waals surface area contributed by atoms with Crippen molar-refractivity contribution in [2.24, 2.45) is 5.11 Å². The summed E-state index contributed by atoms with van der Waals surface area (Å²) in [6.45, 7) is 2.99. The van der Waals surface area contributed by atoms with E-state index in [-0.39, 0.29) is 34.2 Å². The van der Waals surface area contributed by atoms with Crippen LogP contribution in [0, 0.1) is 0 Å². The molecule has 43 heavy (non-hydrogen) atoms. The van der Waals surface area contributed by atoms with E-state index >= 15 is 0 Å². The van der Waals surface area contributed by atoms with Gasteiger partial charge in [-0.15, -0.1) is 0 Å². The van der Waals surface area contributed by atoms with Crippen LogP contribution in [-0.4, -0.2) is 74.0 Å². The van der Waals surface area contributed by atoms with E-state index in [1.54, 1.807) is 24.3 Å². The Morgan fingerprint density at radius 3 is 2.42 bits per heavy atom. The van der Waals surface area contributed by atoms with Crippen LogP contribution < -0.4 is 16.1 Å². The van der Waals surface area contributed by atoms with Crippen LogP contribution in [0.25, 0.3) is 43.9 Å². The van der Waals surface area contributed by atoms with Gasteiger partial charge in [0.25, 0.3) is 0 Å². The Kier molecular flexibility index (Phi) is 11.2. The number of benzene rings is 3. The van der Waals surface area contributed by atoms with Gasteiger partial charge in [-0.2, -0.15) is 0 Å². The lowest BCUT2D eigenvalue weighted by Crippen LogP contribution is -2.31. The molecular weight excluding hydrogens is 578 g/mol. The highest BCUT2D eigenvalue weighted by Gasteiger charge is 2.22. The standard InChI is InChI=1S/C29H29N5O8S/c30-34-32-8-10-40-12-14-41-13-11-39-9-7-31-29(43)33-18-1-4-21(24(15-18)28(37)38)27-22-5-2-19(35)16-25(22)42-26-17-20(36)3-6-23(26)27/h1-6,15-17,35H,7-14H2,(H,37,38)(H2,31,33,43). The number of aromatic carboxylic acids is 1. The molecule has 2 aromatic carbocycles. The monoisotopic (exact) mass is 607 g/mol. The highest BCUT2D eigenvalue weighted by Crippen LogP contribution is 2.42. The predicted octanol–water partition coefficient (Wildman–Crippen LogP) is 4.62. The summed E-state index contributed by atoms with van der Waals surface area (Å²) in [6, 6.07) is 13.7. The van der Waals surface area contributed by atoms with Gasteiger partial charge in [0.15, 0.2) is 10.5 Å². The number of nitrogens with zero attached hydrogens (tertiary/aromatic N) is 3. The summed E-state index contributed by atoms with van der Waals surface area (Å²) in [5.41, 5.74) is 10.2. The van der Waals surface area contributed by atoms with Gasteiger partial charge in [0.05, 0.1) is 45.2 Å². The van der Waals surface area contributed by atoms with Crippen molar-refractivity contribution in [2.75, 3.05) is 58.0 Å². The Bertz CT molecular complexity index is 1670. The molecule has 13 nitrogen and oxygen atoms in total. The number of rotatable bonds is 15. The van der Waals surface area contributed by atoms with Gasteiger partial charge in [-0.1, -0.05) is 11.2 Å². The molecule has 0 amide bonds. The molecule has 0 aromatic heterocycles. The maximum absolute atomic E-state index is 12.4. The van der Waals surface area contributed by atoms with Crippen molar-refractivity contribution in [1.29, 1.82) is 0 Å². The fourth-order valence-corrected chi connectivity index (χ4v) is 4.49. The lowest BCUT2D eigenvalue weighted by atomic mass is 9.90. The van der Waals surface area contributed by atoms with Crippen molar-refractivity contribution < 1.29 is 33.6 Å². The third-order valence-corrected chi connectivity index (χ3v) is 6.38. The van der Waals surface area contributed by atoms with E-state index in [1.807, 2.05) is 0 Å². The highest BCUT2D eigenvalue weighted by molar-refractivity contribution is 7.80. The molecule has 2 aromatic rings. The first-order chi connectivity index (χ1) is 20.9. The topological polar surface area (TPSA) is 188 Å². The van der Waals surface area contributed by atoms with E-state index in [1.165, 1.54) is 30.3 Å². The number of azide groups is 1. The van der Waals surface area contributed by atoms with Crippen LogP contribution in [0.15, 0.2) is 68.9 Å². The maximum atomic E-state index is 12.4. The minimum Gasteiger partial charge on any atom is -0.508 e. The second kappa shape index (κ2) is 15.5. The summed E-state index contributed by atoms with van der Waals surface area (Å²) in [7, 11) is 0. The van der Waals surface area contributed by atoms with E-state index in [9.17, 15) is 19.8 Å². The summed E-state index contributed by atoms with van der Waals surface area (Å²) in [5.74, 6) is -0.917. The number of carboxylic acid groups (broad SMARTS) is 1. The van der Waals surface area contributed by atoms with Gasteiger partial charge in [0.1, 0.15) is 17.1 Å². The van der Waals surface area contributed by atoms with Crippen LogP contribution in [0.1, 0.15) is 10.4 Å². The molecule has 2 aliphatic rings. The fraction of sp³-hybridized carbons (Fsp3) is 0.276. The first-order valence-corrected chi connectivity index (χ1v) is 13.6. The summed E-state index contributed by atoms with van der Waals surface area (Å²) < 4.78 is 22.0. The Balaban J connectivity index is 1.35. The van der Waals surface area contributed by atoms with Gasteiger partial charge in [-0.05, 0) is 59.7 Å². The molecule has 0 radical (unpaired) electrons. The number of nitrogens with one attached hydrogen (secondary N) is 2. The highest BCUT2D eigenvalue weighted by atomic mass is 32.1. The van der Waals surface area contributed by atoms with Crippen molar-refractivity contribution in [1.82, 2.24) is 5.32 Å². The molecule has 1 heterocycles. The Labute approximate surface area is 251 Å². The van der Waals surface area contributed by atoms with E-state index in [4.69, 9.17) is 36.4 Å². The second-order valence-electron chi connectivity index (χ2n) is 9.05. The number of phenols is 1. The van der Waals surface area contributed by atoms with Crippen LogP contribution in [0.5, 0.6) is 5.75 Å². The van der Waals surface area contributed by atoms with E-state index in [2.05, 4.69) is 20.7 Å². The Hall–Kier alpha value is -4.72. The SMILES string of the molecule is [N-]=[N+]=NCCOCCOCCOCCNC(=S)Nc1ccc(-c2c3ccc(=O)cc-3oc3cc(O)ccc23)c(C(=O)O)c1. The third kappa shape index (κ3) is 8.64.